The molecule has 2 aliphatic rings. The second-order valence-corrected chi connectivity index (χ2v) is 6.79. The molecule has 2 nitrogen and oxygen atoms in total. The molecule has 0 aromatic heterocycles. The van der Waals surface area contributed by atoms with Crippen molar-refractivity contribution in [3.8, 4) is 0 Å². The summed E-state index contributed by atoms with van der Waals surface area (Å²) in [7, 11) is 0. The third-order valence-electron chi connectivity index (χ3n) is 4.42. The van der Waals surface area contributed by atoms with Crippen molar-refractivity contribution in [2.45, 2.75) is 32.4 Å². The molecule has 0 bridgehead atoms. The molecule has 3 atom stereocenters. The van der Waals surface area contributed by atoms with Crippen molar-refractivity contribution < 1.29 is 13.5 Å². The van der Waals surface area contributed by atoms with E-state index in [9.17, 15) is 8.78 Å². The minimum atomic E-state index is -0.585. The van der Waals surface area contributed by atoms with Crippen LogP contribution in [0, 0.1) is 23.0 Å². The average molecular weight is 332 g/mol. The molecule has 1 heterocycles. The van der Waals surface area contributed by atoms with E-state index in [2.05, 4.69) is 35.1 Å². The van der Waals surface area contributed by atoms with Crippen molar-refractivity contribution in [1.82, 2.24) is 0 Å². The molecular weight excluding hydrogens is 316 g/mol. The van der Waals surface area contributed by atoms with Gasteiger partial charge in [-0.15, -0.1) is 0 Å². The molecule has 19 heavy (non-hydrogen) atoms. The van der Waals surface area contributed by atoms with E-state index in [0.717, 1.165) is 19.1 Å². The lowest BCUT2D eigenvalue weighted by molar-refractivity contribution is -0.0923. The van der Waals surface area contributed by atoms with E-state index in [1.54, 1.807) is 0 Å². The smallest absolute Gasteiger partial charge is 0.149 e. The molecule has 3 rings (SSSR count). The molecule has 0 radical (unpaired) electrons. The molecule has 3 unspecified atom stereocenters. The van der Waals surface area contributed by atoms with Crippen LogP contribution in [0.4, 0.5) is 14.5 Å². The Kier molecular flexibility index (Phi) is 3.09. The standard InChI is InChI=1S/C14H16BrF2NO/c1-14(2)12(7-3-4-19-13(7)14)18-11-5-8(15)9(16)6-10(11)17/h5-7,12-13,18H,3-4H2,1-2H3. The van der Waals surface area contributed by atoms with Crippen LogP contribution in [0.15, 0.2) is 16.6 Å². The molecule has 1 aliphatic carbocycles. The molecule has 1 aromatic carbocycles. The van der Waals surface area contributed by atoms with Gasteiger partial charge >= 0.3 is 0 Å². The van der Waals surface area contributed by atoms with Gasteiger partial charge in [-0.1, -0.05) is 13.8 Å². The predicted molar refractivity (Wildman–Crippen MR) is 73.1 cm³/mol. The zero-order valence-electron chi connectivity index (χ0n) is 10.8. The maximum Gasteiger partial charge on any atom is 0.149 e. The number of fused-ring (bicyclic) bond motifs is 1. The first-order valence-corrected chi connectivity index (χ1v) is 7.23. The Labute approximate surface area is 119 Å². The second-order valence-electron chi connectivity index (χ2n) is 5.93. The van der Waals surface area contributed by atoms with Gasteiger partial charge in [-0.2, -0.15) is 0 Å². The first-order chi connectivity index (χ1) is 8.91. The predicted octanol–water partition coefficient (Wildman–Crippen LogP) is 3.95. The van der Waals surface area contributed by atoms with Crippen LogP contribution in [0.3, 0.4) is 0 Å². The maximum absolute atomic E-state index is 13.8. The summed E-state index contributed by atoms with van der Waals surface area (Å²) in [4.78, 5) is 0. The maximum atomic E-state index is 13.8. The lowest BCUT2D eigenvalue weighted by Crippen LogP contribution is -2.63. The minimum Gasteiger partial charge on any atom is -0.379 e. The Morgan fingerprint density at radius 2 is 2.05 bits per heavy atom. The van der Waals surface area contributed by atoms with E-state index < -0.39 is 11.6 Å². The Morgan fingerprint density at radius 3 is 2.79 bits per heavy atom. The van der Waals surface area contributed by atoms with E-state index in [1.165, 1.54) is 6.07 Å². The molecule has 1 saturated carbocycles. The number of rotatable bonds is 2. The van der Waals surface area contributed by atoms with Crippen LogP contribution >= 0.6 is 15.9 Å². The number of nitrogens with one attached hydrogen (secondary N) is 1. The largest absolute Gasteiger partial charge is 0.379 e. The highest BCUT2D eigenvalue weighted by Gasteiger charge is 2.59. The fraction of sp³-hybridized carbons (Fsp3) is 0.571. The molecule has 5 heteroatoms. The Morgan fingerprint density at radius 1 is 1.32 bits per heavy atom. The summed E-state index contributed by atoms with van der Waals surface area (Å²) in [6, 6.07) is 2.52. The highest BCUT2D eigenvalue weighted by atomic mass is 79.9. The van der Waals surface area contributed by atoms with E-state index in [4.69, 9.17) is 4.74 Å². The minimum absolute atomic E-state index is 0.0333. The topological polar surface area (TPSA) is 21.3 Å². The number of ether oxygens (including phenoxy) is 1. The van der Waals surface area contributed by atoms with Gasteiger partial charge in [0.15, 0.2) is 0 Å². The van der Waals surface area contributed by atoms with Crippen LogP contribution in [-0.4, -0.2) is 18.8 Å². The van der Waals surface area contributed by atoms with Gasteiger partial charge in [-0.25, -0.2) is 8.78 Å². The van der Waals surface area contributed by atoms with Crippen molar-refractivity contribution in [3.05, 3.63) is 28.2 Å². The van der Waals surface area contributed by atoms with Gasteiger partial charge in [-0.3, -0.25) is 0 Å². The average Bonchev–Trinajstić information content (AvgIpc) is 2.78. The van der Waals surface area contributed by atoms with E-state index in [0.29, 0.717) is 11.6 Å². The number of benzene rings is 1. The van der Waals surface area contributed by atoms with Crippen LogP contribution in [0.25, 0.3) is 0 Å². The monoisotopic (exact) mass is 331 g/mol. The summed E-state index contributed by atoms with van der Waals surface area (Å²) in [6.07, 6.45) is 1.24. The molecule has 0 spiro atoms. The normalized spacial score (nSPS) is 31.7. The van der Waals surface area contributed by atoms with Crippen molar-refractivity contribution in [1.29, 1.82) is 0 Å². The van der Waals surface area contributed by atoms with Gasteiger partial charge in [-0.05, 0) is 28.4 Å². The van der Waals surface area contributed by atoms with E-state index in [1.807, 2.05) is 0 Å². The first-order valence-electron chi connectivity index (χ1n) is 6.44. The van der Waals surface area contributed by atoms with Crippen molar-refractivity contribution >= 4 is 21.6 Å². The third-order valence-corrected chi connectivity index (χ3v) is 5.03. The molecule has 104 valence electrons. The molecular formula is C14H16BrF2NO. The highest BCUT2D eigenvalue weighted by Crippen LogP contribution is 2.53. The molecule has 1 aliphatic heterocycles. The molecule has 1 N–H and O–H groups in total. The van der Waals surface area contributed by atoms with Crippen LogP contribution in [0.5, 0.6) is 0 Å². The Balaban J connectivity index is 1.84. The summed E-state index contributed by atoms with van der Waals surface area (Å²) in [6.45, 7) is 5.01. The van der Waals surface area contributed by atoms with Crippen LogP contribution in [-0.2, 0) is 4.74 Å². The SMILES string of the molecule is CC1(C)C(Nc2cc(Br)c(F)cc2F)C2CCOC21. The van der Waals surface area contributed by atoms with Crippen LogP contribution < -0.4 is 5.32 Å². The first kappa shape index (κ1) is 13.3. The van der Waals surface area contributed by atoms with E-state index >= 15 is 0 Å². The number of halogens is 3. The lowest BCUT2D eigenvalue weighted by atomic mass is 9.57. The van der Waals surface area contributed by atoms with Crippen molar-refractivity contribution in [3.63, 3.8) is 0 Å². The van der Waals surface area contributed by atoms with Gasteiger partial charge in [0.05, 0.1) is 16.3 Å². The van der Waals surface area contributed by atoms with E-state index in [-0.39, 0.29) is 22.0 Å². The fourth-order valence-corrected chi connectivity index (χ4v) is 3.76. The highest BCUT2D eigenvalue weighted by molar-refractivity contribution is 9.10. The Hall–Kier alpha value is -0.680. The van der Waals surface area contributed by atoms with Gasteiger partial charge in [0.25, 0.3) is 0 Å². The zero-order chi connectivity index (χ0) is 13.8. The number of hydrogen-bond acceptors (Lipinski definition) is 2. The summed E-state index contributed by atoms with van der Waals surface area (Å²) in [5, 5.41) is 3.22. The number of hydrogen-bond donors (Lipinski definition) is 1. The summed E-state index contributed by atoms with van der Waals surface area (Å²) in [5.74, 6) is -0.727. The van der Waals surface area contributed by atoms with Crippen molar-refractivity contribution in [2.24, 2.45) is 11.3 Å². The van der Waals surface area contributed by atoms with Crippen LogP contribution in [0.2, 0.25) is 0 Å². The lowest BCUT2D eigenvalue weighted by Gasteiger charge is -2.55. The quantitative estimate of drug-likeness (QED) is 0.828. The van der Waals surface area contributed by atoms with Gasteiger partial charge < -0.3 is 10.1 Å². The third kappa shape index (κ3) is 1.98. The van der Waals surface area contributed by atoms with Gasteiger partial charge in [0.1, 0.15) is 11.6 Å². The second kappa shape index (κ2) is 4.42. The number of anilines is 1. The molecule has 1 saturated heterocycles. The van der Waals surface area contributed by atoms with Crippen LogP contribution in [0.1, 0.15) is 20.3 Å². The molecule has 0 amide bonds. The molecule has 1 aromatic rings. The van der Waals surface area contributed by atoms with Gasteiger partial charge in [0, 0.05) is 30.0 Å². The fourth-order valence-electron chi connectivity index (χ4n) is 3.42. The molecule has 2 fully saturated rings. The summed E-state index contributed by atoms with van der Waals surface area (Å²) in [5.41, 5.74) is 0.311. The zero-order valence-corrected chi connectivity index (χ0v) is 12.4. The summed E-state index contributed by atoms with van der Waals surface area (Å²) < 4.78 is 33.0. The Bertz CT molecular complexity index is 520. The van der Waals surface area contributed by atoms with Crippen molar-refractivity contribution in [2.75, 3.05) is 11.9 Å². The summed E-state index contributed by atoms with van der Waals surface area (Å²) >= 11 is 3.09. The van der Waals surface area contributed by atoms with Gasteiger partial charge in [0.2, 0.25) is 0 Å².